The standard InChI is InChI=1S/C41H25NO2S4/c43-38-36-16-7-21-42-37(36)39(44)41(48-33-15-6-13-31(25-33)46-35-20-18-27-9-2-4-11-29(27)23-35)40(38)47-32-14-5-12-30(24-32)45-34-19-17-26-8-1-3-10-28(26)22-34/h1-25H. The third kappa shape index (κ3) is 6.47. The second-order valence-corrected chi connectivity index (χ2v) is 15.6. The van der Waals surface area contributed by atoms with Gasteiger partial charge >= 0.3 is 0 Å². The van der Waals surface area contributed by atoms with E-state index in [1.807, 2.05) is 48.5 Å². The minimum Gasteiger partial charge on any atom is -0.288 e. The molecule has 8 rings (SSSR count). The van der Waals surface area contributed by atoms with Crippen LogP contribution in [0.2, 0.25) is 0 Å². The van der Waals surface area contributed by atoms with Crippen LogP contribution in [0.4, 0.5) is 0 Å². The highest BCUT2D eigenvalue weighted by Crippen LogP contribution is 2.45. The van der Waals surface area contributed by atoms with Gasteiger partial charge < -0.3 is 0 Å². The molecule has 0 aliphatic heterocycles. The number of hydrogen-bond acceptors (Lipinski definition) is 7. The molecule has 0 saturated carbocycles. The van der Waals surface area contributed by atoms with Crippen LogP contribution in [0.25, 0.3) is 21.5 Å². The second kappa shape index (κ2) is 13.5. The van der Waals surface area contributed by atoms with Gasteiger partial charge in [-0.3, -0.25) is 14.6 Å². The zero-order valence-corrected chi connectivity index (χ0v) is 28.6. The van der Waals surface area contributed by atoms with Crippen LogP contribution in [-0.4, -0.2) is 16.6 Å². The first-order valence-electron chi connectivity index (χ1n) is 15.3. The summed E-state index contributed by atoms with van der Waals surface area (Å²) >= 11 is 6.03. The molecule has 1 aromatic heterocycles. The Hall–Kier alpha value is -4.53. The number of pyridine rings is 1. The van der Waals surface area contributed by atoms with E-state index < -0.39 is 0 Å². The maximum Gasteiger partial charge on any atom is 0.220 e. The number of fused-ring (bicyclic) bond motifs is 3. The number of Topliss-reactive ketones (excluding diaryl/α,β-unsaturated/α-hetero) is 2. The molecule has 0 atom stereocenters. The first-order chi connectivity index (χ1) is 23.6. The third-order valence-corrected chi connectivity index (χ3v) is 12.1. The Labute approximate surface area is 295 Å². The number of hydrogen-bond donors (Lipinski definition) is 0. The zero-order valence-electron chi connectivity index (χ0n) is 25.3. The number of rotatable bonds is 8. The molecule has 7 aromatic rings. The van der Waals surface area contributed by atoms with Crippen LogP contribution in [0.5, 0.6) is 0 Å². The summed E-state index contributed by atoms with van der Waals surface area (Å²) in [5.41, 5.74) is 0.549. The van der Waals surface area contributed by atoms with Gasteiger partial charge in [-0.25, -0.2) is 0 Å². The van der Waals surface area contributed by atoms with Crippen LogP contribution in [-0.2, 0) is 0 Å². The minimum atomic E-state index is -0.230. The molecule has 0 unspecified atom stereocenters. The largest absolute Gasteiger partial charge is 0.288 e. The maximum absolute atomic E-state index is 14.0. The van der Waals surface area contributed by atoms with Gasteiger partial charge in [0.25, 0.3) is 0 Å². The molecule has 0 spiro atoms. The van der Waals surface area contributed by atoms with Gasteiger partial charge in [0.2, 0.25) is 11.6 Å². The van der Waals surface area contributed by atoms with Gasteiger partial charge in [-0.15, -0.1) is 0 Å². The SMILES string of the molecule is O=C1C(Sc2cccc(Sc3ccc4ccccc4c3)c2)=C(Sc2cccc(Sc3ccc4ccccc4c3)c2)C(=O)c2ncccc21. The van der Waals surface area contributed by atoms with Crippen molar-refractivity contribution in [3.63, 3.8) is 0 Å². The highest BCUT2D eigenvalue weighted by atomic mass is 32.2. The van der Waals surface area contributed by atoms with E-state index in [0.717, 1.165) is 29.4 Å². The number of carbonyl (C=O) groups is 2. The summed E-state index contributed by atoms with van der Waals surface area (Å²) in [6.07, 6.45) is 1.57. The van der Waals surface area contributed by atoms with Gasteiger partial charge in [0.15, 0.2) is 0 Å². The van der Waals surface area contributed by atoms with Gasteiger partial charge in [0, 0.05) is 35.6 Å². The average Bonchev–Trinajstić information content (AvgIpc) is 3.12. The fraction of sp³-hybridized carbons (Fsp3) is 0. The van der Waals surface area contributed by atoms with Crippen molar-refractivity contribution in [3.05, 3.63) is 173 Å². The molecule has 0 amide bonds. The van der Waals surface area contributed by atoms with E-state index in [1.165, 1.54) is 45.1 Å². The Morgan fingerprint density at radius 1 is 0.375 bits per heavy atom. The lowest BCUT2D eigenvalue weighted by molar-refractivity contribution is 0.0984. The molecule has 3 nitrogen and oxygen atoms in total. The Morgan fingerprint density at radius 3 is 1.38 bits per heavy atom. The summed E-state index contributed by atoms with van der Waals surface area (Å²) in [6, 6.07) is 49.2. The first-order valence-corrected chi connectivity index (χ1v) is 18.5. The first kappa shape index (κ1) is 30.8. The van der Waals surface area contributed by atoms with Gasteiger partial charge in [-0.1, -0.05) is 120 Å². The monoisotopic (exact) mass is 691 g/mol. The van der Waals surface area contributed by atoms with Crippen LogP contribution in [0.15, 0.2) is 191 Å². The number of benzene rings is 6. The molecule has 0 fully saturated rings. The van der Waals surface area contributed by atoms with Crippen molar-refractivity contribution in [1.82, 2.24) is 4.98 Å². The zero-order chi connectivity index (χ0) is 32.5. The van der Waals surface area contributed by atoms with Gasteiger partial charge in [-0.2, -0.15) is 0 Å². The molecule has 6 aromatic carbocycles. The van der Waals surface area contributed by atoms with E-state index in [2.05, 4.69) is 89.9 Å². The lowest BCUT2D eigenvalue weighted by Crippen LogP contribution is -2.21. The van der Waals surface area contributed by atoms with Crippen LogP contribution < -0.4 is 0 Å². The fourth-order valence-electron chi connectivity index (χ4n) is 5.56. The molecule has 48 heavy (non-hydrogen) atoms. The highest BCUT2D eigenvalue weighted by Gasteiger charge is 2.34. The predicted octanol–water partition coefficient (Wildman–Crippen LogP) is 11.9. The van der Waals surface area contributed by atoms with Gasteiger partial charge in [-0.05, 0) is 94.3 Å². The smallest absolute Gasteiger partial charge is 0.220 e. The minimum absolute atomic E-state index is 0.181. The molecule has 1 aliphatic carbocycles. The predicted molar refractivity (Wildman–Crippen MR) is 201 cm³/mol. The van der Waals surface area contributed by atoms with Crippen LogP contribution in [0.1, 0.15) is 20.8 Å². The maximum atomic E-state index is 14.0. The molecule has 0 saturated heterocycles. The van der Waals surface area contributed by atoms with Crippen molar-refractivity contribution in [3.8, 4) is 0 Å². The number of ketones is 2. The lowest BCUT2D eigenvalue weighted by atomic mass is 10.00. The van der Waals surface area contributed by atoms with Crippen molar-refractivity contribution in [2.45, 2.75) is 29.4 Å². The average molecular weight is 692 g/mol. The summed E-state index contributed by atoms with van der Waals surface area (Å²) < 4.78 is 0. The molecule has 0 radical (unpaired) electrons. The highest BCUT2D eigenvalue weighted by molar-refractivity contribution is 8.08. The van der Waals surface area contributed by atoms with Gasteiger partial charge in [0.1, 0.15) is 5.69 Å². The Balaban J connectivity index is 1.10. The van der Waals surface area contributed by atoms with E-state index in [-0.39, 0.29) is 17.3 Å². The van der Waals surface area contributed by atoms with Crippen molar-refractivity contribution in [2.75, 3.05) is 0 Å². The summed E-state index contributed by atoms with van der Waals surface area (Å²) in [4.78, 5) is 39.3. The van der Waals surface area contributed by atoms with E-state index in [1.54, 1.807) is 41.9 Å². The summed E-state index contributed by atoms with van der Waals surface area (Å²) in [5.74, 6) is -0.411. The summed E-state index contributed by atoms with van der Waals surface area (Å²) in [5, 5.41) is 4.79. The number of nitrogens with zero attached hydrogens (tertiary/aromatic N) is 1. The number of thioether (sulfide) groups is 2. The second-order valence-electron chi connectivity index (χ2n) is 11.1. The Bertz CT molecular complexity index is 2250. The number of allylic oxidation sites excluding steroid dienone is 2. The van der Waals surface area contributed by atoms with Crippen LogP contribution >= 0.6 is 47.0 Å². The topological polar surface area (TPSA) is 47.0 Å². The molecule has 230 valence electrons. The molecule has 0 N–H and O–H groups in total. The van der Waals surface area contributed by atoms with Crippen LogP contribution in [0, 0.1) is 0 Å². The molecular formula is C41H25NO2S4. The third-order valence-electron chi connectivity index (χ3n) is 7.85. The number of carbonyl (C=O) groups excluding carboxylic acids is 2. The molecular weight excluding hydrogens is 667 g/mol. The molecule has 0 bridgehead atoms. The van der Waals surface area contributed by atoms with E-state index in [9.17, 15) is 9.59 Å². The van der Waals surface area contributed by atoms with Crippen LogP contribution in [0.3, 0.4) is 0 Å². The number of aromatic nitrogens is 1. The van der Waals surface area contributed by atoms with Crippen molar-refractivity contribution < 1.29 is 9.59 Å². The van der Waals surface area contributed by atoms with Crippen molar-refractivity contribution in [2.24, 2.45) is 0 Å². The fourth-order valence-corrected chi connectivity index (χ4v) is 9.71. The van der Waals surface area contributed by atoms with E-state index >= 15 is 0 Å². The summed E-state index contributed by atoms with van der Waals surface area (Å²) in [7, 11) is 0. The molecule has 1 heterocycles. The Morgan fingerprint density at radius 2 is 0.833 bits per heavy atom. The van der Waals surface area contributed by atoms with Crippen molar-refractivity contribution >= 4 is 80.2 Å². The van der Waals surface area contributed by atoms with Gasteiger partial charge in [0.05, 0.1) is 15.4 Å². The lowest BCUT2D eigenvalue weighted by Gasteiger charge is -2.20. The Kier molecular flexibility index (Phi) is 8.68. The molecule has 1 aliphatic rings. The van der Waals surface area contributed by atoms with E-state index in [0.29, 0.717) is 15.4 Å². The van der Waals surface area contributed by atoms with Crippen molar-refractivity contribution in [1.29, 1.82) is 0 Å². The van der Waals surface area contributed by atoms with E-state index in [4.69, 9.17) is 0 Å². The normalized spacial score (nSPS) is 12.9. The molecule has 7 heteroatoms. The summed E-state index contributed by atoms with van der Waals surface area (Å²) in [6.45, 7) is 0. The quantitative estimate of drug-likeness (QED) is 0.157.